The quantitative estimate of drug-likeness (QED) is 0.747. The molecule has 0 N–H and O–H groups in total. The predicted octanol–water partition coefficient (Wildman–Crippen LogP) is 1.50. The van der Waals surface area contributed by atoms with Crippen molar-refractivity contribution in [3.05, 3.63) is 0 Å². The maximum atomic E-state index is 12.2. The van der Waals surface area contributed by atoms with Crippen molar-refractivity contribution >= 4 is 11.8 Å². The fourth-order valence-corrected chi connectivity index (χ4v) is 2.42. The van der Waals surface area contributed by atoms with E-state index < -0.39 is 0 Å². The largest absolute Gasteiger partial charge is 0.343 e. The number of hydrogen-bond acceptors (Lipinski definition) is 2. The maximum absolute atomic E-state index is 12.2. The number of carbonyl (C=O) groups is 2. The molecule has 1 atom stereocenters. The van der Waals surface area contributed by atoms with E-state index in [-0.39, 0.29) is 17.7 Å². The molecule has 1 heterocycles. The fraction of sp³-hybridized carbons (Fsp3) is 0.846. The summed E-state index contributed by atoms with van der Waals surface area (Å²) in [6, 6.07) is 0. The Labute approximate surface area is 104 Å². The molecule has 0 spiro atoms. The monoisotopic (exact) mass is 240 g/mol. The van der Waals surface area contributed by atoms with Crippen molar-refractivity contribution in [3.63, 3.8) is 0 Å². The van der Waals surface area contributed by atoms with Gasteiger partial charge in [0.05, 0.1) is 5.92 Å². The Morgan fingerprint density at radius 1 is 1.24 bits per heavy atom. The second-order valence-corrected chi connectivity index (χ2v) is 4.54. The zero-order valence-electron chi connectivity index (χ0n) is 11.2. The highest BCUT2D eigenvalue weighted by Crippen LogP contribution is 2.19. The van der Waals surface area contributed by atoms with Crippen LogP contribution in [0.25, 0.3) is 0 Å². The van der Waals surface area contributed by atoms with E-state index in [9.17, 15) is 9.59 Å². The highest BCUT2D eigenvalue weighted by Gasteiger charge is 2.29. The summed E-state index contributed by atoms with van der Waals surface area (Å²) in [6.07, 6.45) is 2.40. The Morgan fingerprint density at radius 2 is 1.88 bits per heavy atom. The zero-order chi connectivity index (χ0) is 12.8. The highest BCUT2D eigenvalue weighted by molar-refractivity contribution is 5.81. The second kappa shape index (κ2) is 6.62. The third kappa shape index (κ3) is 3.45. The maximum Gasteiger partial charge on any atom is 0.227 e. The van der Waals surface area contributed by atoms with Gasteiger partial charge in [-0.3, -0.25) is 9.59 Å². The van der Waals surface area contributed by atoms with E-state index in [1.807, 2.05) is 30.6 Å². The SMILES string of the molecule is CCC(=O)N1CCCC(C(=O)N(CC)CC)C1. The van der Waals surface area contributed by atoms with Gasteiger partial charge in [-0.1, -0.05) is 6.92 Å². The molecule has 1 fully saturated rings. The first-order chi connectivity index (χ1) is 8.13. The molecule has 0 aromatic rings. The molecular formula is C13H24N2O2. The lowest BCUT2D eigenvalue weighted by Crippen LogP contribution is -2.46. The summed E-state index contributed by atoms with van der Waals surface area (Å²) in [7, 11) is 0. The average molecular weight is 240 g/mol. The molecule has 4 nitrogen and oxygen atoms in total. The van der Waals surface area contributed by atoms with Gasteiger partial charge in [-0.25, -0.2) is 0 Å². The fourth-order valence-electron chi connectivity index (χ4n) is 2.42. The van der Waals surface area contributed by atoms with Crippen LogP contribution in [0, 0.1) is 5.92 Å². The number of amides is 2. The van der Waals surface area contributed by atoms with Gasteiger partial charge in [0.15, 0.2) is 0 Å². The van der Waals surface area contributed by atoms with Gasteiger partial charge in [0.1, 0.15) is 0 Å². The molecule has 0 saturated carbocycles. The number of nitrogens with zero attached hydrogens (tertiary/aromatic N) is 2. The van der Waals surface area contributed by atoms with Crippen LogP contribution in [0.2, 0.25) is 0 Å². The highest BCUT2D eigenvalue weighted by atomic mass is 16.2. The smallest absolute Gasteiger partial charge is 0.227 e. The Hall–Kier alpha value is -1.06. The minimum atomic E-state index is 0.0131. The van der Waals surface area contributed by atoms with E-state index in [0.29, 0.717) is 13.0 Å². The van der Waals surface area contributed by atoms with Crippen LogP contribution in [0.15, 0.2) is 0 Å². The van der Waals surface area contributed by atoms with Crippen molar-refractivity contribution in [3.8, 4) is 0 Å². The van der Waals surface area contributed by atoms with Crippen LogP contribution in [0.5, 0.6) is 0 Å². The summed E-state index contributed by atoms with van der Waals surface area (Å²) in [4.78, 5) is 27.6. The van der Waals surface area contributed by atoms with Gasteiger partial charge in [0, 0.05) is 32.6 Å². The summed E-state index contributed by atoms with van der Waals surface area (Å²) < 4.78 is 0. The zero-order valence-corrected chi connectivity index (χ0v) is 11.2. The van der Waals surface area contributed by atoms with Crippen LogP contribution >= 0.6 is 0 Å². The van der Waals surface area contributed by atoms with E-state index in [0.717, 1.165) is 32.5 Å². The van der Waals surface area contributed by atoms with Crippen molar-refractivity contribution < 1.29 is 9.59 Å². The summed E-state index contributed by atoms with van der Waals surface area (Å²) in [5.74, 6) is 0.393. The van der Waals surface area contributed by atoms with Crippen molar-refractivity contribution in [2.24, 2.45) is 5.92 Å². The molecule has 1 aliphatic rings. The topological polar surface area (TPSA) is 40.6 Å². The Kier molecular flexibility index (Phi) is 5.45. The van der Waals surface area contributed by atoms with Gasteiger partial charge in [0.25, 0.3) is 0 Å². The normalized spacial score (nSPS) is 20.2. The molecule has 2 amide bonds. The van der Waals surface area contributed by atoms with Crippen LogP contribution in [-0.2, 0) is 9.59 Å². The molecule has 4 heteroatoms. The van der Waals surface area contributed by atoms with E-state index >= 15 is 0 Å². The van der Waals surface area contributed by atoms with Crippen LogP contribution in [0.4, 0.5) is 0 Å². The first-order valence-corrected chi connectivity index (χ1v) is 6.70. The lowest BCUT2D eigenvalue weighted by atomic mass is 9.96. The van der Waals surface area contributed by atoms with E-state index in [4.69, 9.17) is 0 Å². The van der Waals surface area contributed by atoms with Crippen LogP contribution in [0.1, 0.15) is 40.0 Å². The van der Waals surface area contributed by atoms with Crippen molar-refractivity contribution in [1.29, 1.82) is 0 Å². The Balaban J connectivity index is 2.60. The Morgan fingerprint density at radius 3 is 2.41 bits per heavy atom. The lowest BCUT2D eigenvalue weighted by molar-refractivity contribution is -0.140. The summed E-state index contributed by atoms with van der Waals surface area (Å²) >= 11 is 0. The predicted molar refractivity (Wildman–Crippen MR) is 67.5 cm³/mol. The molecule has 17 heavy (non-hydrogen) atoms. The molecule has 0 bridgehead atoms. The average Bonchev–Trinajstić information content (AvgIpc) is 2.39. The number of hydrogen-bond donors (Lipinski definition) is 0. The minimum Gasteiger partial charge on any atom is -0.343 e. The van der Waals surface area contributed by atoms with Gasteiger partial charge in [0.2, 0.25) is 11.8 Å². The van der Waals surface area contributed by atoms with Crippen LogP contribution < -0.4 is 0 Å². The molecular weight excluding hydrogens is 216 g/mol. The van der Waals surface area contributed by atoms with Crippen LogP contribution in [0.3, 0.4) is 0 Å². The molecule has 1 rings (SSSR count). The number of likely N-dealkylation sites (tertiary alicyclic amines) is 1. The van der Waals surface area contributed by atoms with E-state index in [1.165, 1.54) is 0 Å². The molecule has 1 unspecified atom stereocenters. The molecule has 98 valence electrons. The summed E-state index contributed by atoms with van der Waals surface area (Å²) in [5, 5.41) is 0. The van der Waals surface area contributed by atoms with Gasteiger partial charge < -0.3 is 9.80 Å². The molecule has 0 aromatic carbocycles. The van der Waals surface area contributed by atoms with Gasteiger partial charge in [-0.2, -0.15) is 0 Å². The minimum absolute atomic E-state index is 0.0131. The van der Waals surface area contributed by atoms with Crippen LogP contribution in [-0.4, -0.2) is 47.8 Å². The van der Waals surface area contributed by atoms with Crippen molar-refractivity contribution in [1.82, 2.24) is 9.80 Å². The van der Waals surface area contributed by atoms with Crippen molar-refractivity contribution in [2.45, 2.75) is 40.0 Å². The number of piperidine rings is 1. The molecule has 0 aliphatic carbocycles. The first-order valence-electron chi connectivity index (χ1n) is 6.70. The number of rotatable bonds is 4. The summed E-state index contributed by atoms with van der Waals surface area (Å²) in [5.41, 5.74) is 0. The molecule has 0 radical (unpaired) electrons. The molecule has 1 aliphatic heterocycles. The second-order valence-electron chi connectivity index (χ2n) is 4.54. The Bertz CT molecular complexity index is 275. The van der Waals surface area contributed by atoms with Gasteiger partial charge in [-0.15, -0.1) is 0 Å². The summed E-state index contributed by atoms with van der Waals surface area (Å²) in [6.45, 7) is 8.81. The third-order valence-corrected chi connectivity index (χ3v) is 3.50. The number of carbonyl (C=O) groups excluding carboxylic acids is 2. The van der Waals surface area contributed by atoms with Gasteiger partial charge >= 0.3 is 0 Å². The third-order valence-electron chi connectivity index (χ3n) is 3.50. The standard InChI is InChI=1S/C13H24N2O2/c1-4-12(16)15-9-7-8-11(10-15)13(17)14(5-2)6-3/h11H,4-10H2,1-3H3. The van der Waals surface area contributed by atoms with E-state index in [1.54, 1.807) is 0 Å². The lowest BCUT2D eigenvalue weighted by Gasteiger charge is -2.34. The van der Waals surface area contributed by atoms with Gasteiger partial charge in [-0.05, 0) is 26.7 Å². The molecule has 1 saturated heterocycles. The van der Waals surface area contributed by atoms with E-state index in [2.05, 4.69) is 0 Å². The molecule has 0 aromatic heterocycles. The first kappa shape index (κ1) is 14.0. The van der Waals surface area contributed by atoms with Crippen molar-refractivity contribution in [2.75, 3.05) is 26.2 Å².